The Morgan fingerprint density at radius 3 is 2.65 bits per heavy atom. The number of carbonyl (C=O) groups is 1. The Kier molecular flexibility index (Phi) is 6.63. The number of amides is 1. The van der Waals surface area contributed by atoms with E-state index in [1.165, 1.54) is 36.6 Å². The number of nitrogens with one attached hydrogen (secondary N) is 1. The molecule has 0 radical (unpaired) electrons. The van der Waals surface area contributed by atoms with Crippen LogP contribution < -0.4 is 14.5 Å². The Morgan fingerprint density at radius 2 is 2.12 bits per heavy atom. The van der Waals surface area contributed by atoms with Crippen LogP contribution in [0.2, 0.25) is 5.02 Å². The summed E-state index contributed by atoms with van der Waals surface area (Å²) in [7, 11) is -2.25. The van der Waals surface area contributed by atoms with E-state index in [1.54, 1.807) is 6.92 Å². The highest BCUT2D eigenvalue weighted by atomic mass is 35.5. The summed E-state index contributed by atoms with van der Waals surface area (Å²) >= 11 is 7.54. The lowest BCUT2D eigenvalue weighted by Gasteiger charge is -2.22. The van der Waals surface area contributed by atoms with Gasteiger partial charge in [0.05, 0.1) is 29.8 Å². The summed E-state index contributed by atoms with van der Waals surface area (Å²) in [6.07, 6.45) is 1.01. The van der Waals surface area contributed by atoms with Crippen molar-refractivity contribution in [2.75, 3.05) is 24.2 Å². The number of hydrogen-bond acceptors (Lipinski definition) is 6. The lowest BCUT2D eigenvalue weighted by atomic mass is 10.3. The maximum Gasteiger partial charge on any atom is 0.260 e. The van der Waals surface area contributed by atoms with Gasteiger partial charge in [-0.2, -0.15) is 5.10 Å². The number of nitrogens with zero attached hydrogens (tertiary/aromatic N) is 2. The topological polar surface area (TPSA) is 88.1 Å². The van der Waals surface area contributed by atoms with Crippen molar-refractivity contribution in [2.24, 2.45) is 5.10 Å². The van der Waals surface area contributed by atoms with Crippen molar-refractivity contribution >= 4 is 50.3 Å². The van der Waals surface area contributed by atoms with Gasteiger partial charge >= 0.3 is 0 Å². The van der Waals surface area contributed by atoms with Gasteiger partial charge in [0, 0.05) is 4.88 Å². The maximum absolute atomic E-state index is 12.2. The summed E-state index contributed by atoms with van der Waals surface area (Å²) < 4.78 is 30.2. The third-order valence-corrected chi connectivity index (χ3v) is 5.75. The Balaban J connectivity index is 2.17. The van der Waals surface area contributed by atoms with E-state index >= 15 is 0 Å². The van der Waals surface area contributed by atoms with Gasteiger partial charge in [-0.1, -0.05) is 17.7 Å². The Bertz CT molecular complexity index is 912. The number of thiophene rings is 1. The second-order valence-corrected chi connectivity index (χ2v) is 8.56. The zero-order chi connectivity index (χ0) is 19.3. The summed E-state index contributed by atoms with van der Waals surface area (Å²) in [4.78, 5) is 13.1. The molecule has 1 N–H and O–H groups in total. The number of hydrogen-bond donors (Lipinski definition) is 1. The van der Waals surface area contributed by atoms with Gasteiger partial charge in [0.25, 0.3) is 5.91 Å². The van der Waals surface area contributed by atoms with E-state index in [-0.39, 0.29) is 10.7 Å². The number of anilines is 1. The van der Waals surface area contributed by atoms with Crippen LogP contribution in [0.5, 0.6) is 5.75 Å². The molecule has 0 saturated carbocycles. The van der Waals surface area contributed by atoms with Crippen LogP contribution in [0.1, 0.15) is 11.8 Å². The molecule has 0 fully saturated rings. The second kappa shape index (κ2) is 8.52. The molecule has 0 saturated heterocycles. The fourth-order valence-corrected chi connectivity index (χ4v) is 3.84. The van der Waals surface area contributed by atoms with Crippen molar-refractivity contribution in [1.29, 1.82) is 0 Å². The third-order valence-electron chi connectivity index (χ3n) is 3.34. The molecule has 0 aliphatic carbocycles. The molecule has 0 unspecified atom stereocenters. The average Bonchev–Trinajstić information content (AvgIpc) is 3.11. The first-order chi connectivity index (χ1) is 12.2. The smallest absolute Gasteiger partial charge is 0.260 e. The van der Waals surface area contributed by atoms with Crippen LogP contribution in [0.25, 0.3) is 0 Å². The third kappa shape index (κ3) is 5.20. The Labute approximate surface area is 161 Å². The van der Waals surface area contributed by atoms with Gasteiger partial charge in [-0.25, -0.2) is 13.8 Å². The monoisotopic (exact) mass is 415 g/mol. The fourth-order valence-electron chi connectivity index (χ4n) is 2.06. The van der Waals surface area contributed by atoms with E-state index in [0.717, 1.165) is 15.4 Å². The number of halogens is 1. The quantitative estimate of drug-likeness (QED) is 0.556. The number of methoxy groups -OCH3 is 1. The summed E-state index contributed by atoms with van der Waals surface area (Å²) in [6, 6.07) is 8.22. The normalized spacial score (nSPS) is 11.9. The van der Waals surface area contributed by atoms with Crippen LogP contribution in [0, 0.1) is 0 Å². The molecule has 0 spiro atoms. The summed E-state index contributed by atoms with van der Waals surface area (Å²) in [6.45, 7) is 1.33. The molecule has 2 rings (SSSR count). The lowest BCUT2D eigenvalue weighted by molar-refractivity contribution is -0.119. The van der Waals surface area contributed by atoms with E-state index < -0.39 is 22.5 Å². The van der Waals surface area contributed by atoms with Crippen LogP contribution >= 0.6 is 22.9 Å². The predicted molar refractivity (Wildman–Crippen MR) is 105 cm³/mol. The van der Waals surface area contributed by atoms with E-state index in [4.69, 9.17) is 16.3 Å². The molecular weight excluding hydrogens is 398 g/mol. The first-order valence-electron chi connectivity index (χ1n) is 7.40. The minimum Gasteiger partial charge on any atom is -0.495 e. The number of sulfonamides is 1. The number of carbonyl (C=O) groups excluding carboxylic acids is 1. The molecule has 1 heterocycles. The predicted octanol–water partition coefficient (Wildman–Crippen LogP) is 2.72. The molecule has 1 amide bonds. The number of rotatable bonds is 7. The van der Waals surface area contributed by atoms with Crippen molar-refractivity contribution in [3.05, 3.63) is 45.6 Å². The SMILES string of the molecule is COc1ccc(N(CC(=O)N/N=C(/C)c2cccs2)S(C)(=O)=O)cc1Cl. The first-order valence-corrected chi connectivity index (χ1v) is 10.5. The number of hydrazone groups is 1. The maximum atomic E-state index is 12.2. The van der Waals surface area contributed by atoms with Gasteiger partial charge in [0.2, 0.25) is 10.0 Å². The molecule has 0 aliphatic heterocycles. The van der Waals surface area contributed by atoms with Gasteiger partial charge in [0.15, 0.2) is 0 Å². The fraction of sp³-hybridized carbons (Fsp3) is 0.250. The Hall–Kier alpha value is -2.10. The standard InChI is InChI=1S/C16H18ClN3O4S2/c1-11(15-5-4-8-25-15)18-19-16(21)10-20(26(3,22)23)12-6-7-14(24-2)13(17)9-12/h4-9H,10H2,1-3H3,(H,19,21)/b18-11-. The van der Waals surface area contributed by atoms with Crippen molar-refractivity contribution in [3.8, 4) is 5.75 Å². The van der Waals surface area contributed by atoms with Gasteiger partial charge in [-0.3, -0.25) is 9.10 Å². The highest BCUT2D eigenvalue weighted by Gasteiger charge is 2.21. The number of ether oxygens (including phenoxy) is 1. The zero-order valence-corrected chi connectivity index (χ0v) is 16.8. The van der Waals surface area contributed by atoms with Gasteiger partial charge in [0.1, 0.15) is 12.3 Å². The van der Waals surface area contributed by atoms with Gasteiger partial charge in [-0.05, 0) is 36.6 Å². The van der Waals surface area contributed by atoms with E-state index in [2.05, 4.69) is 10.5 Å². The summed E-state index contributed by atoms with van der Waals surface area (Å²) in [5, 5.41) is 6.14. The zero-order valence-electron chi connectivity index (χ0n) is 14.4. The van der Waals surface area contributed by atoms with E-state index in [0.29, 0.717) is 11.5 Å². The molecule has 10 heteroatoms. The molecule has 0 aliphatic rings. The minimum absolute atomic E-state index is 0.241. The van der Waals surface area contributed by atoms with Crippen molar-refractivity contribution in [1.82, 2.24) is 5.43 Å². The summed E-state index contributed by atoms with van der Waals surface area (Å²) in [5.41, 5.74) is 3.26. The molecule has 2 aromatic rings. The van der Waals surface area contributed by atoms with Crippen LogP contribution in [0.3, 0.4) is 0 Å². The lowest BCUT2D eigenvalue weighted by Crippen LogP contribution is -2.39. The highest BCUT2D eigenvalue weighted by molar-refractivity contribution is 7.92. The van der Waals surface area contributed by atoms with Crippen LogP contribution in [-0.2, 0) is 14.8 Å². The molecule has 0 bridgehead atoms. The van der Waals surface area contributed by atoms with Crippen molar-refractivity contribution in [2.45, 2.75) is 6.92 Å². The number of benzene rings is 1. The first kappa shape index (κ1) is 20.2. The molecule has 140 valence electrons. The van der Waals surface area contributed by atoms with E-state index in [9.17, 15) is 13.2 Å². The summed E-state index contributed by atoms with van der Waals surface area (Å²) in [5.74, 6) is -0.164. The molecule has 1 aromatic heterocycles. The van der Waals surface area contributed by atoms with Crippen molar-refractivity contribution < 1.29 is 17.9 Å². The van der Waals surface area contributed by atoms with E-state index in [1.807, 2.05) is 17.5 Å². The second-order valence-electron chi connectivity index (χ2n) is 5.30. The highest BCUT2D eigenvalue weighted by Crippen LogP contribution is 2.30. The minimum atomic E-state index is -3.70. The molecular formula is C16H18ClN3O4S2. The van der Waals surface area contributed by atoms with Crippen molar-refractivity contribution in [3.63, 3.8) is 0 Å². The molecule has 26 heavy (non-hydrogen) atoms. The molecule has 7 nitrogen and oxygen atoms in total. The Morgan fingerprint density at radius 1 is 1.38 bits per heavy atom. The average molecular weight is 416 g/mol. The van der Waals surface area contributed by atoms with Crippen LogP contribution in [-0.4, -0.2) is 39.9 Å². The van der Waals surface area contributed by atoms with Gasteiger partial charge in [-0.15, -0.1) is 11.3 Å². The van der Waals surface area contributed by atoms with Crippen LogP contribution in [0.15, 0.2) is 40.8 Å². The van der Waals surface area contributed by atoms with Gasteiger partial charge < -0.3 is 4.74 Å². The molecule has 1 aromatic carbocycles. The molecule has 0 atom stereocenters. The van der Waals surface area contributed by atoms with Crippen LogP contribution in [0.4, 0.5) is 5.69 Å². The largest absolute Gasteiger partial charge is 0.495 e.